The van der Waals surface area contributed by atoms with Crippen LogP contribution in [-0.2, 0) is 9.53 Å². The quantitative estimate of drug-likeness (QED) is 0.327. The van der Waals surface area contributed by atoms with Crippen molar-refractivity contribution in [3.8, 4) is 0 Å². The van der Waals surface area contributed by atoms with Gasteiger partial charge in [0.25, 0.3) is 11.6 Å². The van der Waals surface area contributed by atoms with Crippen LogP contribution in [0.4, 0.5) is 11.4 Å². The minimum Gasteiger partial charge on any atom is -0.452 e. The topological polar surface area (TPSA) is 125 Å². The summed E-state index contributed by atoms with van der Waals surface area (Å²) in [6, 6.07) is 3.73. The standard InChI is InChI=1S/C21H27N3O5/c1-12(21-8-13-4-14(9-21)6-15(5-13)10-21)23-19(25)11-29-20(26)16-2-3-17(22)18(7-16)24(27)28/h2-3,7,12-15H,4-6,8-11,22H2,1H3,(H,23,25). The maximum Gasteiger partial charge on any atom is 0.338 e. The molecule has 4 fully saturated rings. The largest absolute Gasteiger partial charge is 0.452 e. The lowest BCUT2D eigenvalue weighted by atomic mass is 9.48. The molecule has 29 heavy (non-hydrogen) atoms. The van der Waals surface area contributed by atoms with Crippen LogP contribution in [0.25, 0.3) is 0 Å². The minimum atomic E-state index is -0.786. The minimum absolute atomic E-state index is 0.00664. The van der Waals surface area contributed by atoms with E-state index in [1.54, 1.807) is 0 Å². The van der Waals surface area contributed by atoms with Gasteiger partial charge < -0.3 is 15.8 Å². The number of hydrogen-bond donors (Lipinski definition) is 2. The van der Waals surface area contributed by atoms with Crippen LogP contribution in [0.3, 0.4) is 0 Å². The summed E-state index contributed by atoms with van der Waals surface area (Å²) in [6.07, 6.45) is 7.54. The summed E-state index contributed by atoms with van der Waals surface area (Å²) in [5.41, 5.74) is 5.30. The van der Waals surface area contributed by atoms with Crippen molar-refractivity contribution >= 4 is 23.3 Å². The van der Waals surface area contributed by atoms with Crippen LogP contribution in [-0.4, -0.2) is 29.4 Å². The molecule has 0 heterocycles. The van der Waals surface area contributed by atoms with Crippen molar-refractivity contribution < 1.29 is 19.2 Å². The number of nitrogens with one attached hydrogen (secondary N) is 1. The summed E-state index contributed by atoms with van der Waals surface area (Å²) < 4.78 is 5.07. The highest BCUT2D eigenvalue weighted by Crippen LogP contribution is 2.61. The van der Waals surface area contributed by atoms with E-state index in [4.69, 9.17) is 10.5 Å². The Hall–Kier alpha value is -2.64. The Morgan fingerprint density at radius 2 is 1.83 bits per heavy atom. The lowest BCUT2D eigenvalue weighted by Crippen LogP contribution is -2.56. The monoisotopic (exact) mass is 401 g/mol. The Morgan fingerprint density at radius 1 is 1.24 bits per heavy atom. The van der Waals surface area contributed by atoms with Crippen LogP contribution < -0.4 is 11.1 Å². The van der Waals surface area contributed by atoms with Gasteiger partial charge in [0.1, 0.15) is 5.69 Å². The van der Waals surface area contributed by atoms with Crippen molar-refractivity contribution in [3.05, 3.63) is 33.9 Å². The Bertz CT molecular complexity index is 817. The van der Waals surface area contributed by atoms with Gasteiger partial charge >= 0.3 is 5.97 Å². The number of hydrogen-bond acceptors (Lipinski definition) is 6. The third kappa shape index (κ3) is 3.80. The van der Waals surface area contributed by atoms with E-state index in [1.807, 2.05) is 0 Å². The molecule has 1 aromatic rings. The number of carbonyl (C=O) groups is 2. The van der Waals surface area contributed by atoms with E-state index in [-0.39, 0.29) is 34.3 Å². The van der Waals surface area contributed by atoms with Crippen LogP contribution in [0, 0.1) is 33.3 Å². The predicted octanol–water partition coefficient (Wildman–Crippen LogP) is 3.05. The number of nitrogens with two attached hydrogens (primary N) is 1. The van der Waals surface area contributed by atoms with Crippen molar-refractivity contribution in [2.24, 2.45) is 23.2 Å². The maximum absolute atomic E-state index is 12.4. The number of rotatable bonds is 6. The average molecular weight is 401 g/mol. The smallest absolute Gasteiger partial charge is 0.338 e. The van der Waals surface area contributed by atoms with Crippen molar-refractivity contribution in [2.45, 2.75) is 51.5 Å². The van der Waals surface area contributed by atoms with Gasteiger partial charge in [0.2, 0.25) is 0 Å². The molecule has 4 saturated carbocycles. The van der Waals surface area contributed by atoms with Crippen LogP contribution in [0.1, 0.15) is 55.8 Å². The predicted molar refractivity (Wildman–Crippen MR) is 106 cm³/mol. The Morgan fingerprint density at radius 3 is 2.38 bits per heavy atom. The van der Waals surface area contributed by atoms with Crippen LogP contribution in [0.2, 0.25) is 0 Å². The van der Waals surface area contributed by atoms with E-state index in [1.165, 1.54) is 50.7 Å². The molecule has 1 unspecified atom stereocenters. The highest BCUT2D eigenvalue weighted by atomic mass is 16.6. The van der Waals surface area contributed by atoms with Gasteiger partial charge in [-0.1, -0.05) is 0 Å². The van der Waals surface area contributed by atoms with Crippen molar-refractivity contribution in [3.63, 3.8) is 0 Å². The summed E-state index contributed by atoms with van der Waals surface area (Å²) in [5.74, 6) is 1.25. The van der Waals surface area contributed by atoms with E-state index in [0.717, 1.165) is 23.8 Å². The van der Waals surface area contributed by atoms with Crippen molar-refractivity contribution in [2.75, 3.05) is 12.3 Å². The number of nitrogens with zero attached hydrogens (tertiary/aromatic N) is 1. The summed E-state index contributed by atoms with van der Waals surface area (Å²) in [6.45, 7) is 1.66. The molecule has 5 rings (SSSR count). The molecule has 1 atom stereocenters. The second-order valence-electron chi connectivity index (χ2n) is 9.18. The normalized spacial score (nSPS) is 30.6. The Balaban J connectivity index is 1.33. The Kier molecular flexibility index (Phi) is 4.96. The molecule has 4 aliphatic carbocycles. The van der Waals surface area contributed by atoms with Gasteiger partial charge in [-0.25, -0.2) is 4.79 Å². The number of carbonyl (C=O) groups excluding carboxylic acids is 2. The fraction of sp³-hybridized carbons (Fsp3) is 0.619. The van der Waals surface area contributed by atoms with Crippen LogP contribution in [0.15, 0.2) is 18.2 Å². The zero-order valence-corrected chi connectivity index (χ0v) is 16.6. The summed E-state index contributed by atoms with van der Waals surface area (Å²) in [5, 5.41) is 14.0. The highest BCUT2D eigenvalue weighted by Gasteiger charge is 2.53. The zero-order valence-electron chi connectivity index (χ0n) is 16.6. The number of amides is 1. The third-order valence-electron chi connectivity index (χ3n) is 7.18. The molecule has 0 radical (unpaired) electrons. The molecular weight excluding hydrogens is 374 g/mol. The number of ether oxygens (including phenoxy) is 1. The van der Waals surface area contributed by atoms with Crippen LogP contribution >= 0.6 is 0 Å². The molecule has 0 saturated heterocycles. The maximum atomic E-state index is 12.4. The SMILES string of the molecule is CC(NC(=O)COC(=O)c1ccc(N)c([N+](=O)[O-])c1)C12CC3CC(CC(C3)C1)C2. The summed E-state index contributed by atoms with van der Waals surface area (Å²) >= 11 is 0. The molecule has 1 amide bonds. The molecule has 0 spiro atoms. The first-order valence-electron chi connectivity index (χ1n) is 10.3. The zero-order chi connectivity index (χ0) is 20.8. The number of esters is 1. The average Bonchev–Trinajstić information content (AvgIpc) is 2.65. The third-order valence-corrected chi connectivity index (χ3v) is 7.18. The van der Waals surface area contributed by atoms with Gasteiger partial charge in [-0.3, -0.25) is 14.9 Å². The molecule has 4 bridgehead atoms. The molecule has 0 aromatic heterocycles. The molecule has 156 valence electrons. The molecule has 1 aromatic carbocycles. The van der Waals surface area contributed by atoms with Gasteiger partial charge in [0, 0.05) is 12.1 Å². The first kappa shape index (κ1) is 19.7. The van der Waals surface area contributed by atoms with Crippen LogP contribution in [0.5, 0.6) is 0 Å². The van der Waals surface area contributed by atoms with E-state index < -0.39 is 17.5 Å². The molecule has 0 aliphatic heterocycles. The molecular formula is C21H27N3O5. The van der Waals surface area contributed by atoms with Crippen molar-refractivity contribution in [1.82, 2.24) is 5.32 Å². The van der Waals surface area contributed by atoms with Gasteiger partial charge in [-0.15, -0.1) is 0 Å². The first-order chi connectivity index (χ1) is 13.8. The van der Waals surface area contributed by atoms with E-state index in [9.17, 15) is 19.7 Å². The number of nitrogen functional groups attached to an aromatic ring is 1. The Labute approximate surface area is 169 Å². The number of nitro benzene ring substituents is 1. The summed E-state index contributed by atoms with van der Waals surface area (Å²) in [7, 11) is 0. The highest BCUT2D eigenvalue weighted by molar-refractivity contribution is 5.92. The van der Waals surface area contributed by atoms with Crippen molar-refractivity contribution in [1.29, 1.82) is 0 Å². The van der Waals surface area contributed by atoms with E-state index in [0.29, 0.717) is 0 Å². The van der Waals surface area contributed by atoms with E-state index >= 15 is 0 Å². The second-order valence-corrected chi connectivity index (χ2v) is 9.18. The van der Waals surface area contributed by atoms with Gasteiger partial charge in [0.05, 0.1) is 10.5 Å². The lowest BCUT2D eigenvalue weighted by Gasteiger charge is -2.59. The summed E-state index contributed by atoms with van der Waals surface area (Å²) in [4.78, 5) is 34.9. The lowest BCUT2D eigenvalue weighted by molar-refractivity contribution is -0.383. The number of nitro groups is 1. The fourth-order valence-electron chi connectivity index (χ4n) is 6.19. The van der Waals surface area contributed by atoms with Gasteiger partial charge in [-0.05, 0) is 80.8 Å². The number of benzene rings is 1. The second kappa shape index (κ2) is 7.31. The number of anilines is 1. The molecule has 8 nitrogen and oxygen atoms in total. The molecule has 3 N–H and O–H groups in total. The fourth-order valence-corrected chi connectivity index (χ4v) is 6.19. The molecule has 4 aliphatic rings. The van der Waals surface area contributed by atoms with E-state index in [2.05, 4.69) is 12.2 Å². The first-order valence-corrected chi connectivity index (χ1v) is 10.3. The molecule has 8 heteroatoms. The van der Waals surface area contributed by atoms with Gasteiger partial charge in [-0.2, -0.15) is 0 Å². The van der Waals surface area contributed by atoms with Gasteiger partial charge in [0.15, 0.2) is 6.61 Å².